The van der Waals surface area contributed by atoms with Crippen LogP contribution in [0.4, 0.5) is 11.4 Å². The van der Waals surface area contributed by atoms with Gasteiger partial charge in [-0.2, -0.15) is 0 Å². The van der Waals surface area contributed by atoms with Crippen LogP contribution >= 0.6 is 11.8 Å². The van der Waals surface area contributed by atoms with E-state index in [1.807, 2.05) is 32.0 Å². The summed E-state index contributed by atoms with van der Waals surface area (Å²) in [5.74, 6) is -0.521. The maximum Gasteiger partial charge on any atom is 0.293 e. The Morgan fingerprint density at radius 3 is 2.62 bits per heavy atom. The third kappa shape index (κ3) is 4.55. The molecule has 0 atom stereocenters. The van der Waals surface area contributed by atoms with Gasteiger partial charge in [-0.1, -0.05) is 42.1 Å². The Morgan fingerprint density at radius 1 is 1.09 bits per heavy atom. The quantitative estimate of drug-likeness (QED) is 0.183. The number of para-hydroxylation sites is 1. The number of nitrogens with zero attached hydrogens (tertiary/aromatic N) is 3. The molecule has 0 spiro atoms. The van der Waals surface area contributed by atoms with Gasteiger partial charge in [0, 0.05) is 6.07 Å². The monoisotopic (exact) mass is 474 g/mol. The number of nitro groups is 1. The van der Waals surface area contributed by atoms with Crippen LogP contribution in [-0.4, -0.2) is 26.1 Å². The average Bonchev–Trinajstić information content (AvgIpc) is 2.81. The summed E-state index contributed by atoms with van der Waals surface area (Å²) in [7, 11) is 0. The second kappa shape index (κ2) is 9.48. The predicted octanol–water partition coefficient (Wildman–Crippen LogP) is 4.95. The van der Waals surface area contributed by atoms with Gasteiger partial charge < -0.3 is 5.32 Å². The highest BCUT2D eigenvalue weighted by Gasteiger charge is 2.19. The molecule has 0 bridgehead atoms. The highest BCUT2D eigenvalue weighted by atomic mass is 32.2. The lowest BCUT2D eigenvalue weighted by Gasteiger charge is -2.16. The molecule has 0 aliphatic carbocycles. The molecule has 1 N–H and O–H groups in total. The van der Waals surface area contributed by atoms with Crippen molar-refractivity contribution in [3.8, 4) is 5.69 Å². The van der Waals surface area contributed by atoms with Gasteiger partial charge in [0.1, 0.15) is 5.69 Å². The number of anilines is 1. The third-order valence-corrected chi connectivity index (χ3v) is 6.46. The van der Waals surface area contributed by atoms with Gasteiger partial charge >= 0.3 is 0 Å². The van der Waals surface area contributed by atoms with Gasteiger partial charge in [0.25, 0.3) is 11.2 Å². The van der Waals surface area contributed by atoms with Crippen LogP contribution in [0.5, 0.6) is 0 Å². The second-order valence-corrected chi connectivity index (χ2v) is 8.83. The molecule has 0 unspecified atom stereocenters. The van der Waals surface area contributed by atoms with Crippen LogP contribution in [0.2, 0.25) is 0 Å². The zero-order valence-electron chi connectivity index (χ0n) is 18.9. The lowest BCUT2D eigenvalue weighted by molar-refractivity contribution is -0.384. The van der Waals surface area contributed by atoms with E-state index in [1.54, 1.807) is 37.3 Å². The minimum atomic E-state index is -0.529. The summed E-state index contributed by atoms with van der Waals surface area (Å²) < 4.78 is 1.52. The minimum absolute atomic E-state index is 0.0827. The van der Waals surface area contributed by atoms with E-state index in [0.29, 0.717) is 21.7 Å². The van der Waals surface area contributed by atoms with Crippen molar-refractivity contribution < 1.29 is 9.72 Å². The Balaban J connectivity index is 1.70. The number of hydrogen-bond acceptors (Lipinski definition) is 6. The standard InChI is InChI=1S/C25H22N4O4S/c1-15-11-12-20(22(13-15)29(32)33)26-23(30)14-34-25-27-19-9-5-4-8-18(19)24(31)28(25)21-10-6-7-16(2)17(21)3/h4-13H,14H2,1-3H3,(H,26,30). The molecule has 172 valence electrons. The molecule has 0 radical (unpaired) electrons. The van der Waals surface area contributed by atoms with Crippen molar-refractivity contribution in [3.63, 3.8) is 0 Å². The number of fused-ring (bicyclic) bond motifs is 1. The lowest BCUT2D eigenvalue weighted by Crippen LogP contribution is -2.23. The first kappa shape index (κ1) is 23.2. The van der Waals surface area contributed by atoms with Crippen molar-refractivity contribution in [1.82, 2.24) is 9.55 Å². The molecular formula is C25H22N4O4S. The molecule has 9 heteroatoms. The molecule has 0 saturated carbocycles. The number of benzene rings is 3. The van der Waals surface area contributed by atoms with Gasteiger partial charge in [-0.3, -0.25) is 24.3 Å². The van der Waals surface area contributed by atoms with Crippen LogP contribution in [0.3, 0.4) is 0 Å². The summed E-state index contributed by atoms with van der Waals surface area (Å²) >= 11 is 1.10. The maximum atomic E-state index is 13.4. The number of aryl methyl sites for hydroxylation is 2. The number of amides is 1. The molecule has 0 saturated heterocycles. The first-order valence-electron chi connectivity index (χ1n) is 10.5. The Hall–Kier alpha value is -3.98. The molecule has 0 fully saturated rings. The average molecular weight is 475 g/mol. The van der Waals surface area contributed by atoms with Crippen molar-refractivity contribution in [2.24, 2.45) is 0 Å². The van der Waals surface area contributed by atoms with Crippen molar-refractivity contribution in [2.45, 2.75) is 25.9 Å². The number of carbonyl (C=O) groups is 1. The number of thioether (sulfide) groups is 1. The van der Waals surface area contributed by atoms with E-state index in [9.17, 15) is 19.7 Å². The van der Waals surface area contributed by atoms with Crippen LogP contribution < -0.4 is 10.9 Å². The molecule has 1 amide bonds. The number of aromatic nitrogens is 2. The number of nitrogens with one attached hydrogen (secondary N) is 1. The first-order chi connectivity index (χ1) is 16.3. The Labute approximate surface area is 199 Å². The summed E-state index contributed by atoms with van der Waals surface area (Å²) in [4.78, 5) is 41.6. The fourth-order valence-electron chi connectivity index (χ4n) is 3.61. The van der Waals surface area contributed by atoms with E-state index in [2.05, 4.69) is 10.3 Å². The minimum Gasteiger partial charge on any atom is -0.320 e. The Morgan fingerprint density at radius 2 is 1.85 bits per heavy atom. The van der Waals surface area contributed by atoms with E-state index < -0.39 is 10.8 Å². The van der Waals surface area contributed by atoms with Crippen LogP contribution in [-0.2, 0) is 4.79 Å². The molecule has 4 rings (SSSR count). The van der Waals surface area contributed by atoms with Gasteiger partial charge in [-0.25, -0.2) is 4.98 Å². The predicted molar refractivity (Wildman–Crippen MR) is 134 cm³/mol. The van der Waals surface area contributed by atoms with Crippen LogP contribution in [0.25, 0.3) is 16.6 Å². The van der Waals surface area contributed by atoms with Crippen LogP contribution in [0.1, 0.15) is 16.7 Å². The van der Waals surface area contributed by atoms with Crippen LogP contribution in [0.15, 0.2) is 70.6 Å². The highest BCUT2D eigenvalue weighted by Crippen LogP contribution is 2.27. The topological polar surface area (TPSA) is 107 Å². The van der Waals surface area contributed by atoms with Crippen molar-refractivity contribution >= 4 is 39.9 Å². The molecule has 1 heterocycles. The van der Waals surface area contributed by atoms with Gasteiger partial charge in [0.05, 0.1) is 27.3 Å². The summed E-state index contributed by atoms with van der Waals surface area (Å²) in [6, 6.07) is 17.4. The molecular weight excluding hydrogens is 452 g/mol. The lowest BCUT2D eigenvalue weighted by atomic mass is 10.1. The molecule has 0 aliphatic rings. The Bertz CT molecular complexity index is 1500. The van der Waals surface area contributed by atoms with E-state index in [4.69, 9.17) is 0 Å². The molecule has 8 nitrogen and oxygen atoms in total. The highest BCUT2D eigenvalue weighted by molar-refractivity contribution is 7.99. The SMILES string of the molecule is Cc1ccc(NC(=O)CSc2nc3ccccc3c(=O)n2-c2cccc(C)c2C)c([N+](=O)[O-])c1. The van der Waals surface area contributed by atoms with Gasteiger partial charge in [0.2, 0.25) is 5.91 Å². The summed E-state index contributed by atoms with van der Waals surface area (Å²) in [5, 5.41) is 14.8. The van der Waals surface area contributed by atoms with E-state index in [-0.39, 0.29) is 22.7 Å². The fraction of sp³-hybridized carbons (Fsp3) is 0.160. The van der Waals surface area contributed by atoms with E-state index >= 15 is 0 Å². The molecule has 34 heavy (non-hydrogen) atoms. The number of nitro benzene ring substituents is 1. The zero-order valence-corrected chi connectivity index (χ0v) is 19.7. The molecule has 4 aromatic rings. The van der Waals surface area contributed by atoms with Crippen molar-refractivity contribution in [2.75, 3.05) is 11.1 Å². The van der Waals surface area contributed by atoms with Crippen molar-refractivity contribution in [1.29, 1.82) is 0 Å². The third-order valence-electron chi connectivity index (χ3n) is 5.52. The van der Waals surface area contributed by atoms with Crippen molar-refractivity contribution in [3.05, 3.63) is 97.8 Å². The molecule has 0 aliphatic heterocycles. The summed E-state index contributed by atoms with van der Waals surface area (Å²) in [6.07, 6.45) is 0. The molecule has 1 aromatic heterocycles. The summed E-state index contributed by atoms with van der Waals surface area (Å²) in [6.45, 7) is 5.64. The largest absolute Gasteiger partial charge is 0.320 e. The smallest absolute Gasteiger partial charge is 0.293 e. The van der Waals surface area contributed by atoms with Gasteiger partial charge in [0.15, 0.2) is 5.16 Å². The van der Waals surface area contributed by atoms with E-state index in [0.717, 1.165) is 28.5 Å². The second-order valence-electron chi connectivity index (χ2n) is 7.89. The van der Waals surface area contributed by atoms with Gasteiger partial charge in [-0.15, -0.1) is 0 Å². The fourth-order valence-corrected chi connectivity index (χ4v) is 4.42. The van der Waals surface area contributed by atoms with Crippen LogP contribution in [0, 0.1) is 30.9 Å². The summed E-state index contributed by atoms with van der Waals surface area (Å²) in [5.41, 5.74) is 3.63. The molecule has 3 aromatic carbocycles. The van der Waals surface area contributed by atoms with E-state index in [1.165, 1.54) is 16.7 Å². The maximum absolute atomic E-state index is 13.4. The normalized spacial score (nSPS) is 10.9. The first-order valence-corrected chi connectivity index (χ1v) is 11.5. The number of hydrogen-bond donors (Lipinski definition) is 1. The zero-order chi connectivity index (χ0) is 24.4. The van der Waals surface area contributed by atoms with Gasteiger partial charge in [-0.05, 0) is 61.7 Å². The Kier molecular flexibility index (Phi) is 6.47. The number of rotatable bonds is 6. The number of carbonyl (C=O) groups excluding carboxylic acids is 1.